The molecule has 0 atom stereocenters. The standard InChI is InChI=1S/C22H24N6O/c23-22-20-19(9-12-25-22)28(17-7-10-24-11-8-17)27-21(20)15-3-5-16(6-4-15)26-14-18-2-1-13-29-18/h1-6,9,12-13,17,24,26H,7-8,10-11,14H2,(H2,23,25). The quantitative estimate of drug-likeness (QED) is 0.481. The van der Waals surface area contributed by atoms with Crippen LogP contribution in [0.2, 0.25) is 0 Å². The van der Waals surface area contributed by atoms with Crippen molar-refractivity contribution in [3.05, 3.63) is 60.7 Å². The number of furan rings is 1. The van der Waals surface area contributed by atoms with Crippen molar-refractivity contribution in [3.63, 3.8) is 0 Å². The highest BCUT2D eigenvalue weighted by Crippen LogP contribution is 2.34. The van der Waals surface area contributed by atoms with Gasteiger partial charge in [0.25, 0.3) is 0 Å². The molecule has 4 aromatic rings. The van der Waals surface area contributed by atoms with Gasteiger partial charge in [0.05, 0.1) is 29.8 Å². The predicted octanol–water partition coefficient (Wildman–Crippen LogP) is 3.81. The molecule has 7 nitrogen and oxygen atoms in total. The molecule has 1 saturated heterocycles. The number of pyridine rings is 1. The molecule has 0 radical (unpaired) electrons. The van der Waals surface area contributed by atoms with Crippen molar-refractivity contribution in [2.24, 2.45) is 0 Å². The van der Waals surface area contributed by atoms with Crippen molar-refractivity contribution in [2.45, 2.75) is 25.4 Å². The highest BCUT2D eigenvalue weighted by atomic mass is 16.3. The van der Waals surface area contributed by atoms with Crippen LogP contribution < -0.4 is 16.4 Å². The lowest BCUT2D eigenvalue weighted by molar-refractivity contribution is 0.352. The molecule has 29 heavy (non-hydrogen) atoms. The SMILES string of the molecule is Nc1nccc2c1c(-c1ccc(NCc3ccco3)cc1)nn2C1CCNCC1. The third-order valence-corrected chi connectivity index (χ3v) is 5.51. The zero-order chi connectivity index (χ0) is 19.6. The van der Waals surface area contributed by atoms with Crippen LogP contribution in [0.3, 0.4) is 0 Å². The summed E-state index contributed by atoms with van der Waals surface area (Å²) in [5.74, 6) is 1.43. The van der Waals surface area contributed by atoms with Crippen LogP contribution in [-0.4, -0.2) is 27.9 Å². The minimum Gasteiger partial charge on any atom is -0.467 e. The Balaban J connectivity index is 1.47. The molecular weight excluding hydrogens is 364 g/mol. The van der Waals surface area contributed by atoms with Gasteiger partial charge in [0.2, 0.25) is 0 Å². The smallest absolute Gasteiger partial charge is 0.135 e. The van der Waals surface area contributed by atoms with E-state index in [0.717, 1.165) is 59.5 Å². The van der Waals surface area contributed by atoms with Gasteiger partial charge >= 0.3 is 0 Å². The summed E-state index contributed by atoms with van der Waals surface area (Å²) in [6.07, 6.45) is 5.58. The number of nitrogens with two attached hydrogens (primary N) is 1. The lowest BCUT2D eigenvalue weighted by atomic mass is 10.1. The first kappa shape index (κ1) is 17.8. The summed E-state index contributed by atoms with van der Waals surface area (Å²) >= 11 is 0. The van der Waals surface area contributed by atoms with E-state index >= 15 is 0 Å². The first-order valence-corrected chi connectivity index (χ1v) is 10.00. The molecule has 1 aliphatic rings. The number of anilines is 2. The Morgan fingerprint density at radius 2 is 1.97 bits per heavy atom. The normalized spacial score (nSPS) is 15.0. The van der Waals surface area contributed by atoms with Crippen LogP contribution in [0, 0.1) is 0 Å². The zero-order valence-corrected chi connectivity index (χ0v) is 16.1. The Labute approximate surface area is 168 Å². The van der Waals surface area contributed by atoms with Gasteiger partial charge in [0, 0.05) is 17.4 Å². The fourth-order valence-electron chi connectivity index (χ4n) is 3.99. The highest BCUT2D eigenvalue weighted by molar-refractivity contribution is 6.00. The van der Waals surface area contributed by atoms with Crippen molar-refractivity contribution < 1.29 is 4.42 Å². The van der Waals surface area contributed by atoms with Gasteiger partial charge < -0.3 is 20.8 Å². The summed E-state index contributed by atoms with van der Waals surface area (Å²) in [5.41, 5.74) is 10.3. The van der Waals surface area contributed by atoms with E-state index in [9.17, 15) is 0 Å². The zero-order valence-electron chi connectivity index (χ0n) is 16.1. The number of nitrogens with zero attached hydrogens (tertiary/aromatic N) is 3. The van der Waals surface area contributed by atoms with E-state index in [2.05, 4.69) is 44.6 Å². The average Bonchev–Trinajstić information content (AvgIpc) is 3.42. The van der Waals surface area contributed by atoms with Crippen LogP contribution in [0.4, 0.5) is 11.5 Å². The Bertz CT molecular complexity index is 1090. The van der Waals surface area contributed by atoms with Crippen LogP contribution in [0.5, 0.6) is 0 Å². The first-order valence-electron chi connectivity index (χ1n) is 10.00. The van der Waals surface area contributed by atoms with E-state index in [1.54, 1.807) is 12.5 Å². The van der Waals surface area contributed by atoms with Crippen molar-refractivity contribution in [1.29, 1.82) is 0 Å². The summed E-state index contributed by atoms with van der Waals surface area (Å²) < 4.78 is 7.51. The van der Waals surface area contributed by atoms with Crippen LogP contribution in [0.15, 0.2) is 59.3 Å². The number of benzene rings is 1. The molecule has 1 aliphatic heterocycles. The Morgan fingerprint density at radius 1 is 1.14 bits per heavy atom. The predicted molar refractivity (Wildman–Crippen MR) is 115 cm³/mol. The fourth-order valence-corrected chi connectivity index (χ4v) is 3.99. The largest absolute Gasteiger partial charge is 0.467 e. The van der Waals surface area contributed by atoms with Gasteiger partial charge in [-0.25, -0.2) is 4.98 Å². The summed E-state index contributed by atoms with van der Waals surface area (Å²) in [6, 6.07) is 14.5. The van der Waals surface area contributed by atoms with Crippen molar-refractivity contribution in [1.82, 2.24) is 20.1 Å². The van der Waals surface area contributed by atoms with Crippen LogP contribution >= 0.6 is 0 Å². The monoisotopic (exact) mass is 388 g/mol. The molecule has 3 aromatic heterocycles. The number of nitrogens with one attached hydrogen (secondary N) is 2. The molecule has 0 bridgehead atoms. The Hall–Kier alpha value is -3.32. The van der Waals surface area contributed by atoms with Crippen molar-refractivity contribution in [3.8, 4) is 11.3 Å². The minimum atomic E-state index is 0.378. The topological polar surface area (TPSA) is 93.9 Å². The van der Waals surface area contributed by atoms with Gasteiger partial charge in [0.1, 0.15) is 17.3 Å². The molecule has 0 saturated carbocycles. The number of rotatable bonds is 5. The lowest BCUT2D eigenvalue weighted by Gasteiger charge is -2.23. The van der Waals surface area contributed by atoms with Crippen molar-refractivity contribution in [2.75, 3.05) is 24.1 Å². The molecule has 0 spiro atoms. The van der Waals surface area contributed by atoms with E-state index in [1.165, 1.54) is 0 Å². The van der Waals surface area contributed by atoms with Gasteiger partial charge in [-0.3, -0.25) is 4.68 Å². The Kier molecular flexibility index (Phi) is 4.65. The molecule has 0 aliphatic carbocycles. The van der Waals surface area contributed by atoms with Crippen LogP contribution in [-0.2, 0) is 6.54 Å². The van der Waals surface area contributed by atoms with E-state index < -0.39 is 0 Å². The van der Waals surface area contributed by atoms with Gasteiger partial charge in [-0.2, -0.15) is 5.10 Å². The van der Waals surface area contributed by atoms with Gasteiger partial charge in [-0.05, 0) is 56.3 Å². The van der Waals surface area contributed by atoms with Gasteiger partial charge in [-0.15, -0.1) is 0 Å². The summed E-state index contributed by atoms with van der Waals surface area (Å²) in [6.45, 7) is 2.67. The van der Waals surface area contributed by atoms with Crippen molar-refractivity contribution >= 4 is 22.4 Å². The third kappa shape index (κ3) is 3.45. The fraction of sp³-hybridized carbons (Fsp3) is 0.273. The Morgan fingerprint density at radius 3 is 2.72 bits per heavy atom. The molecule has 0 unspecified atom stereocenters. The highest BCUT2D eigenvalue weighted by Gasteiger charge is 2.22. The van der Waals surface area contributed by atoms with Crippen LogP contribution in [0.1, 0.15) is 24.6 Å². The molecule has 0 amide bonds. The minimum absolute atomic E-state index is 0.378. The van der Waals surface area contributed by atoms with E-state index in [0.29, 0.717) is 18.4 Å². The molecule has 4 N–H and O–H groups in total. The molecule has 4 heterocycles. The third-order valence-electron chi connectivity index (χ3n) is 5.51. The number of hydrogen-bond acceptors (Lipinski definition) is 6. The van der Waals surface area contributed by atoms with Gasteiger partial charge in [0.15, 0.2) is 0 Å². The second-order valence-electron chi connectivity index (χ2n) is 7.37. The van der Waals surface area contributed by atoms with E-state index in [4.69, 9.17) is 15.2 Å². The van der Waals surface area contributed by atoms with Gasteiger partial charge in [-0.1, -0.05) is 12.1 Å². The van der Waals surface area contributed by atoms with E-state index in [1.807, 2.05) is 18.2 Å². The number of fused-ring (bicyclic) bond motifs is 1. The maximum atomic E-state index is 6.27. The lowest BCUT2D eigenvalue weighted by Crippen LogP contribution is -2.29. The molecule has 7 heteroatoms. The molecule has 1 fully saturated rings. The average molecular weight is 388 g/mol. The summed E-state index contributed by atoms with van der Waals surface area (Å²) in [5, 5.41) is 12.7. The summed E-state index contributed by atoms with van der Waals surface area (Å²) in [7, 11) is 0. The maximum Gasteiger partial charge on any atom is 0.135 e. The van der Waals surface area contributed by atoms with Crippen LogP contribution in [0.25, 0.3) is 22.2 Å². The van der Waals surface area contributed by atoms with E-state index in [-0.39, 0.29) is 0 Å². The summed E-state index contributed by atoms with van der Waals surface area (Å²) in [4.78, 5) is 4.32. The molecule has 148 valence electrons. The number of piperidine rings is 1. The number of hydrogen-bond donors (Lipinski definition) is 3. The second kappa shape index (κ2) is 7.60. The number of aromatic nitrogens is 3. The first-order chi connectivity index (χ1) is 14.3. The second-order valence-corrected chi connectivity index (χ2v) is 7.37. The molecular formula is C22H24N6O. The maximum absolute atomic E-state index is 6.27. The molecule has 5 rings (SSSR count). The number of nitrogen functional groups attached to an aromatic ring is 1. The molecule has 1 aromatic carbocycles.